The highest BCUT2D eigenvalue weighted by Crippen LogP contribution is 2.30. The average Bonchev–Trinajstić information content (AvgIpc) is 2.81. The fraction of sp³-hybridized carbons (Fsp3) is 0.208. The molecule has 1 amide bonds. The minimum absolute atomic E-state index is 0.0163. The average molecular weight is 471 g/mol. The van der Waals surface area contributed by atoms with Crippen LogP contribution in [0.4, 0.5) is 30.2 Å². The lowest BCUT2D eigenvalue weighted by Gasteiger charge is -2.21. The Kier molecular flexibility index (Phi) is 7.72. The maximum absolute atomic E-state index is 12.9. The van der Waals surface area contributed by atoms with Gasteiger partial charge in [-0.15, -0.1) is 0 Å². The van der Waals surface area contributed by atoms with E-state index in [1.54, 1.807) is 30.3 Å². The summed E-state index contributed by atoms with van der Waals surface area (Å²) in [5.41, 5.74) is 3.21. The summed E-state index contributed by atoms with van der Waals surface area (Å²) in [5.74, 6) is -0.564. The summed E-state index contributed by atoms with van der Waals surface area (Å²) in [5, 5.41) is 17.0. The number of nitrogens with one attached hydrogen (secondary N) is 2. The second-order valence-electron chi connectivity index (χ2n) is 7.21. The molecule has 0 aliphatic rings. The molecule has 34 heavy (non-hydrogen) atoms. The van der Waals surface area contributed by atoms with Gasteiger partial charge in [-0.2, -0.15) is 18.3 Å². The Balaban J connectivity index is 1.73. The normalized spacial score (nSPS) is 11.4. The summed E-state index contributed by atoms with van der Waals surface area (Å²) < 4.78 is 38.8. The summed E-state index contributed by atoms with van der Waals surface area (Å²) in [6.07, 6.45) is -2.23. The summed E-state index contributed by atoms with van der Waals surface area (Å²) in [6, 6.07) is 13.7. The molecule has 0 fully saturated rings. The van der Waals surface area contributed by atoms with Crippen molar-refractivity contribution in [1.82, 2.24) is 10.4 Å². The van der Waals surface area contributed by atoms with Crippen molar-refractivity contribution in [2.75, 3.05) is 23.3 Å². The molecule has 0 radical (unpaired) electrons. The number of hydrogen-bond donors (Lipinski definition) is 3. The van der Waals surface area contributed by atoms with E-state index in [1.807, 2.05) is 19.9 Å². The zero-order chi connectivity index (χ0) is 24.7. The lowest BCUT2D eigenvalue weighted by atomic mass is 10.1. The summed E-state index contributed by atoms with van der Waals surface area (Å²) >= 11 is 0. The van der Waals surface area contributed by atoms with E-state index in [-0.39, 0.29) is 17.0 Å². The number of alkyl halides is 3. The second kappa shape index (κ2) is 10.7. The molecule has 7 nitrogen and oxygen atoms in total. The van der Waals surface area contributed by atoms with E-state index in [0.717, 1.165) is 31.0 Å². The zero-order valence-electron chi connectivity index (χ0n) is 18.6. The van der Waals surface area contributed by atoms with Gasteiger partial charge in [0, 0.05) is 42.3 Å². The summed E-state index contributed by atoms with van der Waals surface area (Å²) in [4.78, 5) is 18.1. The van der Waals surface area contributed by atoms with Crippen LogP contribution in [0.5, 0.6) is 5.75 Å². The van der Waals surface area contributed by atoms with Crippen LogP contribution in [-0.4, -0.2) is 35.3 Å². The van der Waals surface area contributed by atoms with Crippen molar-refractivity contribution in [2.24, 2.45) is 5.10 Å². The quantitative estimate of drug-likeness (QED) is 0.312. The van der Waals surface area contributed by atoms with Crippen molar-refractivity contribution in [3.05, 3.63) is 77.6 Å². The number of anilines is 3. The number of para-hydroxylation sites is 1. The smallest absolute Gasteiger partial charge is 0.433 e. The maximum atomic E-state index is 12.9. The van der Waals surface area contributed by atoms with Gasteiger partial charge < -0.3 is 15.3 Å². The minimum atomic E-state index is -4.58. The van der Waals surface area contributed by atoms with Crippen LogP contribution in [0.25, 0.3) is 0 Å². The van der Waals surface area contributed by atoms with Crippen LogP contribution in [0.15, 0.2) is 65.9 Å². The van der Waals surface area contributed by atoms with Crippen LogP contribution in [-0.2, 0) is 6.18 Å². The number of carbonyl (C=O) groups excluding carboxylic acids is 1. The Morgan fingerprint density at radius 1 is 1.12 bits per heavy atom. The lowest BCUT2D eigenvalue weighted by molar-refractivity contribution is -0.141. The van der Waals surface area contributed by atoms with E-state index in [4.69, 9.17) is 0 Å². The number of aromatic hydroxyl groups is 1. The molecule has 0 saturated carbocycles. The highest BCUT2D eigenvalue weighted by molar-refractivity contribution is 6.00. The van der Waals surface area contributed by atoms with Crippen molar-refractivity contribution < 1.29 is 23.1 Å². The number of hydrazone groups is 1. The minimum Gasteiger partial charge on any atom is -0.507 e. The van der Waals surface area contributed by atoms with E-state index < -0.39 is 17.8 Å². The van der Waals surface area contributed by atoms with E-state index in [2.05, 4.69) is 25.7 Å². The Bertz CT molecular complexity index is 1180. The number of phenols is 1. The van der Waals surface area contributed by atoms with Crippen LogP contribution < -0.4 is 15.6 Å². The van der Waals surface area contributed by atoms with Crippen molar-refractivity contribution in [2.45, 2.75) is 20.0 Å². The number of carbonyl (C=O) groups is 1. The first-order chi connectivity index (χ1) is 16.2. The molecular weight excluding hydrogens is 447 g/mol. The van der Waals surface area contributed by atoms with Crippen molar-refractivity contribution in [3.8, 4) is 5.75 Å². The molecule has 0 saturated heterocycles. The molecule has 0 aliphatic heterocycles. The highest BCUT2D eigenvalue weighted by Gasteiger charge is 2.32. The largest absolute Gasteiger partial charge is 0.507 e. The second-order valence-corrected chi connectivity index (χ2v) is 7.21. The van der Waals surface area contributed by atoms with Crippen LogP contribution >= 0.6 is 0 Å². The number of halogens is 3. The van der Waals surface area contributed by atoms with Crippen molar-refractivity contribution >= 4 is 29.2 Å². The van der Waals surface area contributed by atoms with E-state index in [9.17, 15) is 23.1 Å². The molecule has 10 heteroatoms. The number of pyridine rings is 1. The third kappa shape index (κ3) is 6.03. The molecule has 1 aromatic heterocycles. The van der Waals surface area contributed by atoms with Gasteiger partial charge in [-0.25, -0.2) is 5.43 Å². The monoisotopic (exact) mass is 471 g/mol. The number of aromatic nitrogens is 1. The predicted octanol–water partition coefficient (Wildman–Crippen LogP) is 5.16. The third-order valence-electron chi connectivity index (χ3n) is 5.01. The van der Waals surface area contributed by atoms with Gasteiger partial charge in [0.05, 0.1) is 17.5 Å². The standard InChI is InChI=1S/C24H24F3N5O2/c1-3-32(4-2)18-10-9-16(21(33)14-18)15-29-31-23(34)19-7-5-6-8-20(19)30-17-11-12-28-22(13-17)24(25,26)27/h5-15,33H,3-4H2,1-2H3,(H,28,30)(H,31,34)/b29-15+. The number of hydrogen-bond acceptors (Lipinski definition) is 6. The van der Waals surface area contributed by atoms with Gasteiger partial charge in [0.2, 0.25) is 0 Å². The highest BCUT2D eigenvalue weighted by atomic mass is 19.4. The molecule has 0 atom stereocenters. The molecule has 1 heterocycles. The molecule has 3 aromatic rings. The van der Waals surface area contributed by atoms with Crippen LogP contribution in [0.2, 0.25) is 0 Å². The van der Waals surface area contributed by atoms with Gasteiger partial charge >= 0.3 is 6.18 Å². The molecule has 0 bridgehead atoms. The molecule has 3 N–H and O–H groups in total. The van der Waals surface area contributed by atoms with Crippen LogP contribution in [0, 0.1) is 0 Å². The fourth-order valence-corrected chi connectivity index (χ4v) is 3.26. The van der Waals surface area contributed by atoms with Gasteiger partial charge in [-0.1, -0.05) is 12.1 Å². The lowest BCUT2D eigenvalue weighted by Crippen LogP contribution is -2.21. The van der Waals surface area contributed by atoms with Crippen LogP contribution in [0.3, 0.4) is 0 Å². The van der Waals surface area contributed by atoms with Gasteiger partial charge in [0.15, 0.2) is 0 Å². The summed E-state index contributed by atoms with van der Waals surface area (Å²) in [6.45, 7) is 5.62. The van der Waals surface area contributed by atoms with Crippen molar-refractivity contribution in [1.29, 1.82) is 0 Å². The first-order valence-corrected chi connectivity index (χ1v) is 10.5. The fourth-order valence-electron chi connectivity index (χ4n) is 3.26. The first-order valence-electron chi connectivity index (χ1n) is 10.5. The van der Waals surface area contributed by atoms with E-state index in [0.29, 0.717) is 11.3 Å². The maximum Gasteiger partial charge on any atom is 0.433 e. The molecule has 2 aromatic carbocycles. The Hall–Kier alpha value is -4.08. The topological polar surface area (TPSA) is 89.9 Å². The summed E-state index contributed by atoms with van der Waals surface area (Å²) in [7, 11) is 0. The molecule has 0 unspecified atom stereocenters. The molecule has 3 rings (SSSR count). The first kappa shape index (κ1) is 24.6. The predicted molar refractivity (Wildman–Crippen MR) is 126 cm³/mol. The molecular formula is C24H24F3N5O2. The molecule has 0 spiro atoms. The Morgan fingerprint density at radius 3 is 2.53 bits per heavy atom. The SMILES string of the molecule is CCN(CC)c1ccc(/C=N/NC(=O)c2ccccc2Nc2ccnc(C(F)(F)F)c2)c(O)c1. The number of benzene rings is 2. The Morgan fingerprint density at radius 2 is 1.85 bits per heavy atom. The number of nitrogens with zero attached hydrogens (tertiary/aromatic N) is 3. The van der Waals surface area contributed by atoms with Crippen molar-refractivity contribution in [3.63, 3.8) is 0 Å². The number of phenolic OH excluding ortho intramolecular Hbond substituents is 1. The van der Waals surface area contributed by atoms with Gasteiger partial charge in [0.25, 0.3) is 5.91 Å². The van der Waals surface area contributed by atoms with E-state index >= 15 is 0 Å². The molecule has 178 valence electrons. The third-order valence-corrected chi connectivity index (χ3v) is 5.01. The Labute approximate surface area is 194 Å². The van der Waals surface area contributed by atoms with Crippen LogP contribution in [0.1, 0.15) is 35.5 Å². The number of rotatable bonds is 8. The number of amides is 1. The van der Waals surface area contributed by atoms with E-state index in [1.165, 1.54) is 18.3 Å². The molecule has 0 aliphatic carbocycles. The van der Waals surface area contributed by atoms with Gasteiger partial charge in [-0.05, 0) is 50.2 Å². The van der Waals surface area contributed by atoms with Gasteiger partial charge in [0.1, 0.15) is 11.4 Å². The zero-order valence-corrected chi connectivity index (χ0v) is 18.6. The van der Waals surface area contributed by atoms with Gasteiger partial charge in [-0.3, -0.25) is 9.78 Å².